The van der Waals surface area contributed by atoms with Crippen LogP contribution in [0.3, 0.4) is 0 Å². The van der Waals surface area contributed by atoms with Crippen molar-refractivity contribution in [2.45, 2.75) is 118 Å². The Labute approximate surface area is 346 Å². The Balaban J connectivity index is 0.000000189. The molecule has 4 heterocycles. The van der Waals surface area contributed by atoms with E-state index in [-0.39, 0.29) is 36.0 Å². The van der Waals surface area contributed by atoms with Crippen LogP contribution in [0.1, 0.15) is 118 Å². The molecule has 0 unspecified atom stereocenters. The first-order chi connectivity index (χ1) is 26.6. The zero-order chi connectivity index (χ0) is 39.9. The lowest BCUT2D eigenvalue weighted by Crippen LogP contribution is -2.41. The van der Waals surface area contributed by atoms with Gasteiger partial charge in [0.05, 0.1) is 21.0 Å². The van der Waals surface area contributed by atoms with Crippen LogP contribution < -0.4 is 21.7 Å². The zero-order valence-corrected chi connectivity index (χ0v) is 35.4. The highest BCUT2D eigenvalue weighted by molar-refractivity contribution is 7.14. The van der Waals surface area contributed by atoms with Crippen molar-refractivity contribution in [3.8, 4) is 11.1 Å². The molecule has 2 aromatic carbocycles. The van der Waals surface area contributed by atoms with Gasteiger partial charge in [-0.1, -0.05) is 31.7 Å². The number of carbonyl (C=O) groups is 2. The van der Waals surface area contributed by atoms with Gasteiger partial charge in [-0.3, -0.25) is 14.4 Å². The van der Waals surface area contributed by atoms with Gasteiger partial charge < -0.3 is 24.5 Å². The van der Waals surface area contributed by atoms with E-state index < -0.39 is 7.12 Å². The molecule has 57 heavy (non-hydrogen) atoms. The highest BCUT2D eigenvalue weighted by atomic mass is 32.1. The van der Waals surface area contributed by atoms with Crippen LogP contribution in [0.5, 0.6) is 0 Å². The molecule has 0 atom stereocenters. The van der Waals surface area contributed by atoms with Gasteiger partial charge in [-0.15, -0.1) is 22.7 Å². The summed E-state index contributed by atoms with van der Waals surface area (Å²) in [7, 11) is 1.33. The number of thiophene rings is 2. The van der Waals surface area contributed by atoms with E-state index in [0.717, 1.165) is 74.5 Å². The monoisotopic (exact) mass is 805 g/mol. The van der Waals surface area contributed by atoms with Crippen LogP contribution >= 0.6 is 22.7 Å². The number of amides is 2. The van der Waals surface area contributed by atoms with Crippen molar-refractivity contribution in [3.63, 3.8) is 0 Å². The average Bonchev–Trinajstić information content (AvgIpc) is 3.85. The van der Waals surface area contributed by atoms with E-state index in [0.29, 0.717) is 5.56 Å². The summed E-state index contributed by atoms with van der Waals surface area (Å²) in [5.41, 5.74) is 9.17. The lowest BCUT2D eigenvalue weighted by atomic mass is 9.76. The highest BCUT2D eigenvalue weighted by Crippen LogP contribution is 2.37. The van der Waals surface area contributed by atoms with Crippen LogP contribution in [-0.2, 0) is 42.0 Å². The van der Waals surface area contributed by atoms with Crippen LogP contribution in [0.15, 0.2) is 65.6 Å². The Hall–Kier alpha value is -4.29. The van der Waals surface area contributed by atoms with Crippen LogP contribution in [0.4, 0.5) is 11.4 Å². The summed E-state index contributed by atoms with van der Waals surface area (Å²) in [5, 5.41) is 6.19. The maximum Gasteiger partial charge on any atom is 0.495 e. The first-order valence-electron chi connectivity index (χ1n) is 19.7. The number of aromatic nitrogens is 1. The number of nitrogens with one attached hydrogen (secondary N) is 2. The molecule has 3 aromatic heterocycles. The van der Waals surface area contributed by atoms with E-state index in [2.05, 4.69) is 22.8 Å². The van der Waals surface area contributed by atoms with Gasteiger partial charge >= 0.3 is 7.12 Å². The third kappa shape index (κ3) is 8.77. The number of rotatable bonds is 6. The second-order valence-electron chi connectivity index (χ2n) is 16.4. The van der Waals surface area contributed by atoms with E-state index in [1.54, 1.807) is 34.3 Å². The summed E-state index contributed by atoms with van der Waals surface area (Å²) in [5.74, 6) is -0.0788. The second-order valence-corrected chi connectivity index (χ2v) is 18.6. The van der Waals surface area contributed by atoms with Gasteiger partial charge in [0.15, 0.2) is 0 Å². The molecular weight excluding hydrogens is 749 g/mol. The minimum absolute atomic E-state index is 0. The summed E-state index contributed by atoms with van der Waals surface area (Å²) in [6, 6.07) is 17.8. The fraction of sp³-hybridized carbons (Fsp3) is 0.413. The molecule has 300 valence electrons. The van der Waals surface area contributed by atoms with Crippen LogP contribution in [0.25, 0.3) is 11.1 Å². The van der Waals surface area contributed by atoms with Gasteiger partial charge in [0.25, 0.3) is 17.4 Å². The highest BCUT2D eigenvalue weighted by Gasteiger charge is 2.52. The van der Waals surface area contributed by atoms with Crippen molar-refractivity contribution < 1.29 is 18.9 Å². The number of fused-ring (bicyclic) bond motifs is 2. The van der Waals surface area contributed by atoms with Gasteiger partial charge in [-0.25, -0.2) is 0 Å². The summed E-state index contributed by atoms with van der Waals surface area (Å²) in [4.78, 5) is 42.0. The maximum absolute atomic E-state index is 12.9. The number of hydrogen-bond acceptors (Lipinski definition) is 7. The molecule has 0 saturated carbocycles. The van der Waals surface area contributed by atoms with Crippen molar-refractivity contribution in [1.82, 2.24) is 4.57 Å². The molecule has 0 radical (unpaired) electrons. The molecule has 0 bridgehead atoms. The third-order valence-electron chi connectivity index (χ3n) is 11.8. The van der Waals surface area contributed by atoms with Crippen molar-refractivity contribution in [3.05, 3.63) is 118 Å². The summed E-state index contributed by atoms with van der Waals surface area (Å²) >= 11 is 3.26. The summed E-state index contributed by atoms with van der Waals surface area (Å²) in [6.45, 7) is 14.0. The van der Waals surface area contributed by atoms with E-state index in [1.807, 2.05) is 97.1 Å². The Kier molecular flexibility index (Phi) is 12.5. The number of anilines is 2. The Morgan fingerprint density at radius 1 is 0.719 bits per heavy atom. The normalized spacial score (nSPS) is 16.4. The van der Waals surface area contributed by atoms with E-state index >= 15 is 0 Å². The van der Waals surface area contributed by atoms with Crippen LogP contribution in [-0.4, -0.2) is 34.7 Å². The fourth-order valence-electron chi connectivity index (χ4n) is 7.70. The number of nitrogens with zero attached hydrogens (tertiary/aromatic N) is 1. The molecule has 1 saturated heterocycles. The zero-order valence-electron chi connectivity index (χ0n) is 33.8. The molecule has 0 spiro atoms. The minimum atomic E-state index is -0.434. The summed E-state index contributed by atoms with van der Waals surface area (Å²) < 4.78 is 14.0. The predicted molar refractivity (Wildman–Crippen MR) is 238 cm³/mol. The third-order valence-corrected chi connectivity index (χ3v) is 14.3. The second kappa shape index (κ2) is 16.9. The number of benzene rings is 2. The Morgan fingerprint density at radius 2 is 1.21 bits per heavy atom. The molecule has 11 heteroatoms. The standard InChI is InChI=1S/C23H24N2O2S.C22H28BNO3S.CH4/c1-14-11-17(13-25(3)23(14)27)18-8-6-9-19(15(18)2)24-22(26)21-12-16-7-4-5-10-20(16)28-21;1-14-16(23-26-21(2,3)22(4,5)27-23)10-8-11-17(14)24-20(25)19-13-15-9-6-7-12-18(15)28-19;/h6,8-9,11-13H,4-5,7,10H2,1-3H3,(H,24,26);8,10-11,13H,6-7,9,12H2,1-5H3,(H,24,25);1H4. The van der Waals surface area contributed by atoms with Crippen molar-refractivity contribution in [2.75, 3.05) is 10.6 Å². The first-order valence-corrected chi connectivity index (χ1v) is 21.3. The first kappa shape index (κ1) is 42.3. The molecule has 1 aliphatic heterocycles. The lowest BCUT2D eigenvalue weighted by Gasteiger charge is -2.32. The molecule has 2 amide bonds. The van der Waals surface area contributed by atoms with Gasteiger partial charge in [-0.05, 0) is 169 Å². The van der Waals surface area contributed by atoms with Crippen molar-refractivity contribution >= 4 is 58.4 Å². The topological polar surface area (TPSA) is 98.7 Å². The van der Waals surface area contributed by atoms with Gasteiger partial charge in [0.1, 0.15) is 0 Å². The van der Waals surface area contributed by atoms with Gasteiger partial charge in [-0.2, -0.15) is 0 Å². The molecular formula is C46H56BN3O5S2. The summed E-state index contributed by atoms with van der Waals surface area (Å²) in [6.07, 6.45) is 11.1. The molecule has 8 nitrogen and oxygen atoms in total. The predicted octanol–water partition coefficient (Wildman–Crippen LogP) is 9.98. The quantitative estimate of drug-likeness (QED) is 0.167. The van der Waals surface area contributed by atoms with Crippen molar-refractivity contribution in [1.29, 1.82) is 0 Å². The number of pyridine rings is 1. The maximum atomic E-state index is 12.9. The number of aryl methyl sites for hydroxylation is 6. The molecule has 5 aromatic rings. The minimum Gasteiger partial charge on any atom is -0.399 e. The van der Waals surface area contributed by atoms with Crippen LogP contribution in [0.2, 0.25) is 0 Å². The van der Waals surface area contributed by atoms with Gasteiger partial charge in [0.2, 0.25) is 0 Å². The molecule has 2 N–H and O–H groups in total. The largest absolute Gasteiger partial charge is 0.495 e. The van der Waals surface area contributed by atoms with Crippen LogP contribution in [0, 0.1) is 20.8 Å². The SMILES string of the molecule is C.Cc1c(NC(=O)c2cc3c(s2)CCCC3)cccc1-c1cc(C)c(=O)n(C)c1.Cc1c(NC(=O)c2cc3c(s2)CCCC3)cccc1B1OC(C)(C)C(C)(C)O1. The Morgan fingerprint density at radius 3 is 1.72 bits per heavy atom. The Bertz CT molecular complexity index is 2280. The molecule has 2 aliphatic carbocycles. The van der Waals surface area contributed by atoms with Gasteiger partial charge in [0, 0.05) is 39.9 Å². The van der Waals surface area contributed by atoms with E-state index in [1.165, 1.54) is 46.6 Å². The van der Waals surface area contributed by atoms with E-state index in [9.17, 15) is 14.4 Å². The van der Waals surface area contributed by atoms with Crippen molar-refractivity contribution in [2.24, 2.45) is 7.05 Å². The van der Waals surface area contributed by atoms with E-state index in [4.69, 9.17) is 9.31 Å². The molecule has 3 aliphatic rings. The molecule has 1 fully saturated rings. The number of carbonyl (C=O) groups excluding carboxylic acids is 2. The molecule has 8 rings (SSSR count). The average molecular weight is 806 g/mol. The fourth-order valence-corrected chi connectivity index (χ4v) is 9.99. The lowest BCUT2D eigenvalue weighted by molar-refractivity contribution is 0.00578. The number of hydrogen-bond donors (Lipinski definition) is 2. The smallest absolute Gasteiger partial charge is 0.399 e.